The Labute approximate surface area is 185 Å². The van der Waals surface area contributed by atoms with Crippen molar-refractivity contribution in [3.8, 4) is 0 Å². The van der Waals surface area contributed by atoms with Crippen LogP contribution in [0.2, 0.25) is 0 Å². The maximum absolute atomic E-state index is 5.92. The Bertz CT molecular complexity index is 765. The Morgan fingerprint density at radius 2 is 0.900 bits per heavy atom. The van der Waals surface area contributed by atoms with Crippen LogP contribution in [-0.4, -0.2) is 37.9 Å². The molecule has 158 valence electrons. The van der Waals surface area contributed by atoms with E-state index in [-0.39, 0.29) is 16.1 Å². The molecular weight excluding hydrogens is 402 g/mol. The van der Waals surface area contributed by atoms with Crippen LogP contribution >= 0.6 is 16.1 Å². The largest absolute Gasteiger partial charge is 0.362 e. The summed E-state index contributed by atoms with van der Waals surface area (Å²) in [7, 11) is 1.61. The van der Waals surface area contributed by atoms with E-state index in [4.69, 9.17) is 4.52 Å². The highest BCUT2D eigenvalue weighted by Crippen LogP contribution is 2.44. The van der Waals surface area contributed by atoms with Crippen molar-refractivity contribution in [3.63, 3.8) is 0 Å². The molecule has 0 saturated carbocycles. The summed E-state index contributed by atoms with van der Waals surface area (Å²) in [4.78, 5) is 0. The predicted octanol–water partition coefficient (Wildman–Crippen LogP) is 7.24. The first-order valence-electron chi connectivity index (χ1n) is 11.0. The molecular formula is C27H34OP2. The summed E-state index contributed by atoms with van der Waals surface area (Å²) >= 11 is 0. The maximum atomic E-state index is 5.92. The average Bonchev–Trinajstić information content (AvgIpc) is 2.82. The van der Waals surface area contributed by atoms with E-state index in [0.29, 0.717) is 0 Å². The fourth-order valence-electron chi connectivity index (χ4n) is 3.65. The van der Waals surface area contributed by atoms with E-state index in [1.807, 2.05) is 7.11 Å². The van der Waals surface area contributed by atoms with E-state index in [2.05, 4.69) is 91.0 Å². The highest BCUT2D eigenvalue weighted by molar-refractivity contribution is 7.59. The standard InChI is InChI=1S/C27H34OP2/c1-28-30(22-19-27-15-9-4-10-16-27)24-23-29(20-17-25-11-5-2-6-12-25)21-18-26-13-7-3-8-14-26/h2-16H,17-24H2,1H3. The molecule has 3 aromatic carbocycles. The molecule has 3 heteroatoms. The molecule has 0 saturated heterocycles. The summed E-state index contributed by atoms with van der Waals surface area (Å²) in [6.45, 7) is 0. The SMILES string of the molecule is COP(CCc1ccccc1)CCP(CCc1ccccc1)CCc1ccccc1. The predicted molar refractivity (Wildman–Crippen MR) is 136 cm³/mol. The smallest absolute Gasteiger partial charge is 0.0398 e. The molecule has 0 radical (unpaired) electrons. The van der Waals surface area contributed by atoms with Crippen LogP contribution in [0.1, 0.15) is 16.7 Å². The Hall–Kier alpha value is -1.52. The second kappa shape index (κ2) is 13.7. The molecule has 1 atom stereocenters. The zero-order chi connectivity index (χ0) is 20.9. The van der Waals surface area contributed by atoms with Gasteiger partial charge < -0.3 is 4.52 Å². The molecule has 0 aliphatic carbocycles. The second-order valence-electron chi connectivity index (χ2n) is 7.66. The Morgan fingerprint density at radius 1 is 0.500 bits per heavy atom. The Balaban J connectivity index is 1.51. The lowest BCUT2D eigenvalue weighted by molar-refractivity contribution is 0.461. The van der Waals surface area contributed by atoms with Crippen LogP contribution in [0, 0.1) is 0 Å². The minimum absolute atomic E-state index is 0.0250. The highest BCUT2D eigenvalue weighted by atomic mass is 31.1. The molecule has 0 bridgehead atoms. The van der Waals surface area contributed by atoms with Gasteiger partial charge in [0, 0.05) is 15.3 Å². The fraction of sp³-hybridized carbons (Fsp3) is 0.333. The van der Waals surface area contributed by atoms with Crippen LogP contribution in [0.5, 0.6) is 0 Å². The third-order valence-corrected chi connectivity index (χ3v) is 10.4. The summed E-state index contributed by atoms with van der Waals surface area (Å²) in [5, 5.41) is 0. The molecule has 1 unspecified atom stereocenters. The zero-order valence-corrected chi connectivity index (χ0v) is 19.9. The van der Waals surface area contributed by atoms with Crippen molar-refractivity contribution in [2.45, 2.75) is 19.3 Å². The normalized spacial score (nSPS) is 12.2. The highest BCUT2D eigenvalue weighted by Gasteiger charge is 2.14. The summed E-state index contributed by atoms with van der Waals surface area (Å²) in [6.07, 6.45) is 9.96. The van der Waals surface area contributed by atoms with Gasteiger partial charge in [0.2, 0.25) is 0 Å². The van der Waals surface area contributed by atoms with E-state index in [9.17, 15) is 0 Å². The van der Waals surface area contributed by atoms with Gasteiger partial charge in [0.25, 0.3) is 0 Å². The van der Waals surface area contributed by atoms with Crippen molar-refractivity contribution < 1.29 is 4.52 Å². The third-order valence-electron chi connectivity index (χ3n) is 5.54. The van der Waals surface area contributed by atoms with Crippen LogP contribution in [0.4, 0.5) is 0 Å². The fourth-order valence-corrected chi connectivity index (χ4v) is 8.58. The van der Waals surface area contributed by atoms with Gasteiger partial charge in [-0.25, -0.2) is 0 Å². The first kappa shape index (κ1) is 23.1. The summed E-state index contributed by atoms with van der Waals surface area (Å²) in [5.74, 6) is 0. The van der Waals surface area contributed by atoms with Crippen molar-refractivity contribution in [2.24, 2.45) is 0 Å². The quantitative estimate of drug-likeness (QED) is 0.257. The van der Waals surface area contributed by atoms with E-state index in [1.54, 1.807) is 0 Å². The summed E-state index contributed by atoms with van der Waals surface area (Å²) in [6, 6.07) is 32.8. The Morgan fingerprint density at radius 3 is 1.30 bits per heavy atom. The number of hydrogen-bond donors (Lipinski definition) is 0. The van der Waals surface area contributed by atoms with E-state index < -0.39 is 0 Å². The molecule has 0 aliphatic rings. The number of benzene rings is 3. The molecule has 0 aromatic heterocycles. The molecule has 3 rings (SSSR count). The van der Waals surface area contributed by atoms with Gasteiger partial charge in [-0.05, 0) is 66.8 Å². The van der Waals surface area contributed by atoms with Gasteiger partial charge in [-0.15, -0.1) is 7.92 Å². The monoisotopic (exact) mass is 436 g/mol. The molecule has 0 aliphatic heterocycles. The second-order valence-corrected chi connectivity index (χ2v) is 12.6. The van der Waals surface area contributed by atoms with Gasteiger partial charge >= 0.3 is 0 Å². The van der Waals surface area contributed by atoms with Crippen molar-refractivity contribution in [3.05, 3.63) is 108 Å². The van der Waals surface area contributed by atoms with Crippen molar-refractivity contribution in [1.29, 1.82) is 0 Å². The minimum Gasteiger partial charge on any atom is -0.362 e. The van der Waals surface area contributed by atoms with Crippen LogP contribution in [0.25, 0.3) is 0 Å². The lowest BCUT2D eigenvalue weighted by atomic mass is 10.2. The first-order chi connectivity index (χ1) is 14.8. The van der Waals surface area contributed by atoms with Crippen molar-refractivity contribution in [1.82, 2.24) is 0 Å². The van der Waals surface area contributed by atoms with Gasteiger partial charge in [-0.2, -0.15) is 0 Å². The Kier molecular flexibility index (Phi) is 10.6. The summed E-state index contributed by atoms with van der Waals surface area (Å²) in [5.41, 5.74) is 4.38. The van der Waals surface area contributed by atoms with Gasteiger partial charge in [0.1, 0.15) is 0 Å². The van der Waals surface area contributed by atoms with Gasteiger partial charge in [0.05, 0.1) is 0 Å². The van der Waals surface area contributed by atoms with E-state index in [1.165, 1.54) is 60.3 Å². The average molecular weight is 437 g/mol. The number of aryl methyl sites for hydroxylation is 3. The molecule has 0 heterocycles. The molecule has 0 fully saturated rings. The topological polar surface area (TPSA) is 9.23 Å². The lowest BCUT2D eigenvalue weighted by Crippen LogP contribution is -2.05. The number of hydrogen-bond acceptors (Lipinski definition) is 1. The van der Waals surface area contributed by atoms with Crippen LogP contribution in [-0.2, 0) is 23.8 Å². The minimum atomic E-state index is -0.328. The number of rotatable bonds is 13. The van der Waals surface area contributed by atoms with Crippen LogP contribution < -0.4 is 0 Å². The van der Waals surface area contributed by atoms with Crippen molar-refractivity contribution >= 4 is 16.1 Å². The van der Waals surface area contributed by atoms with Gasteiger partial charge in [0.15, 0.2) is 0 Å². The molecule has 30 heavy (non-hydrogen) atoms. The van der Waals surface area contributed by atoms with Crippen LogP contribution in [0.15, 0.2) is 91.0 Å². The summed E-state index contributed by atoms with van der Waals surface area (Å²) < 4.78 is 5.92. The van der Waals surface area contributed by atoms with Crippen molar-refractivity contribution in [2.75, 3.05) is 37.9 Å². The third kappa shape index (κ3) is 8.69. The molecule has 3 aromatic rings. The van der Waals surface area contributed by atoms with Gasteiger partial charge in [-0.3, -0.25) is 0 Å². The molecule has 1 nitrogen and oxygen atoms in total. The zero-order valence-electron chi connectivity index (χ0n) is 18.1. The lowest BCUT2D eigenvalue weighted by Gasteiger charge is -2.22. The molecule has 0 spiro atoms. The van der Waals surface area contributed by atoms with E-state index in [0.717, 1.165) is 6.42 Å². The first-order valence-corrected chi connectivity index (χ1v) is 14.5. The van der Waals surface area contributed by atoms with Crippen LogP contribution in [0.3, 0.4) is 0 Å². The van der Waals surface area contributed by atoms with E-state index >= 15 is 0 Å². The molecule has 0 N–H and O–H groups in total. The molecule has 0 amide bonds. The maximum Gasteiger partial charge on any atom is 0.0398 e. The van der Waals surface area contributed by atoms with Gasteiger partial charge in [-0.1, -0.05) is 91.0 Å².